The van der Waals surface area contributed by atoms with Gasteiger partial charge in [-0.1, -0.05) is 58.0 Å². The number of ether oxygens (including phenoxy) is 2. The van der Waals surface area contributed by atoms with E-state index in [0.717, 1.165) is 0 Å². The third kappa shape index (κ3) is 8.76. The monoisotopic (exact) mass is 957 g/mol. The van der Waals surface area contributed by atoms with E-state index in [1.165, 1.54) is 23.9 Å². The Morgan fingerprint density at radius 2 is 1.43 bits per heavy atom. The Morgan fingerprint density at radius 1 is 0.825 bits per heavy atom. The molecule has 10 atom stereocenters. The predicted molar refractivity (Wildman–Crippen MR) is 240 cm³/mol. The highest BCUT2D eigenvalue weighted by atomic mass is 32.5. The predicted octanol–water partition coefficient (Wildman–Crippen LogP) is 5.89. The van der Waals surface area contributed by atoms with Crippen LogP contribution in [0.2, 0.25) is 18.1 Å². The average Bonchev–Trinajstić information content (AvgIpc) is 4.01. The molecule has 0 aliphatic carbocycles. The topological polar surface area (TPSA) is 213 Å². The Labute approximate surface area is 374 Å². The van der Waals surface area contributed by atoms with E-state index in [9.17, 15) is 14.6 Å². The van der Waals surface area contributed by atoms with Crippen LogP contribution in [-0.2, 0) is 62.0 Å². The first-order valence-electron chi connectivity index (χ1n) is 20.6. The van der Waals surface area contributed by atoms with Crippen molar-refractivity contribution < 1.29 is 46.6 Å². The molecule has 3 fully saturated rings. The number of aryl methyl sites for hydroxylation is 1. The number of aromatic nitrogens is 8. The standard InChI is InChI=1S/C39H49N9O10P2S2Si/c1-23-26-17-52-60(51,62)57-32-31(58-63(5,6)39(2,3)4)27-18-53-59(50,61)56-30(23)37(54-26)47-21-44-28-25(40-19-41-33(28)47)15-11-8-12-16-46(36(49)24-13-9-7-10-14-24)34-29-35(43-20-42-34)48(22-45-29)38(32)55-27/h7-10,12-14,19-23,26-27,30-32,37-38H,11,15-18H2,1-6H3,(H,50,61)(H,51,62)/b12-8+/t23-,26-,27-,30-,31-,32-,37-,38-,59?,60?/m1/s1. The van der Waals surface area contributed by atoms with Crippen molar-refractivity contribution in [3.63, 3.8) is 0 Å². The number of benzene rings is 1. The zero-order chi connectivity index (χ0) is 44.5. The lowest BCUT2D eigenvalue weighted by atomic mass is 10.0. The van der Waals surface area contributed by atoms with E-state index >= 15 is 0 Å². The first kappa shape index (κ1) is 44.9. The van der Waals surface area contributed by atoms with E-state index in [-0.39, 0.29) is 47.7 Å². The van der Waals surface area contributed by atoms with Crippen molar-refractivity contribution in [1.29, 1.82) is 0 Å². The summed E-state index contributed by atoms with van der Waals surface area (Å²) in [6.45, 7) is 3.68. The van der Waals surface area contributed by atoms with Gasteiger partial charge in [0.1, 0.15) is 42.6 Å². The molecule has 0 radical (unpaired) electrons. The van der Waals surface area contributed by atoms with Crippen molar-refractivity contribution in [2.45, 2.75) is 102 Å². The van der Waals surface area contributed by atoms with Crippen molar-refractivity contribution in [3.05, 3.63) is 79.1 Å². The van der Waals surface area contributed by atoms with E-state index in [4.69, 9.17) is 65.6 Å². The van der Waals surface area contributed by atoms with Crippen LogP contribution in [0.4, 0.5) is 5.82 Å². The van der Waals surface area contributed by atoms with Gasteiger partial charge < -0.3 is 37.3 Å². The number of rotatable bonds is 3. The highest BCUT2D eigenvalue weighted by molar-refractivity contribution is 8.07. The van der Waals surface area contributed by atoms with Gasteiger partial charge in [-0.25, -0.2) is 29.9 Å². The van der Waals surface area contributed by atoms with Crippen LogP contribution in [0.5, 0.6) is 0 Å². The minimum atomic E-state index is -4.14. The molecule has 1 aromatic carbocycles. The maximum Gasteiger partial charge on any atom is 0.325 e. The number of hydrogen-bond acceptors (Lipinski definition) is 16. The minimum absolute atomic E-state index is 0.145. The number of carbonyl (C=O) groups is 1. The summed E-state index contributed by atoms with van der Waals surface area (Å²) in [6, 6.07) is 8.90. The van der Waals surface area contributed by atoms with E-state index in [2.05, 4.69) is 53.8 Å². The molecule has 3 saturated heterocycles. The third-order valence-corrected chi connectivity index (χ3v) is 20.0. The smallest absolute Gasteiger partial charge is 0.325 e. The molecule has 2 unspecified atom stereocenters. The van der Waals surface area contributed by atoms with Crippen LogP contribution in [-0.4, -0.2) is 113 Å². The summed E-state index contributed by atoms with van der Waals surface area (Å²) in [5, 5.41) is -0.287. The zero-order valence-electron chi connectivity index (χ0n) is 35.4. The second-order valence-electron chi connectivity index (χ2n) is 17.5. The molecule has 19 nitrogen and oxygen atoms in total. The molecule has 5 aliphatic rings. The van der Waals surface area contributed by atoms with Crippen molar-refractivity contribution in [1.82, 2.24) is 39.0 Å². The first-order valence-corrected chi connectivity index (χ1v) is 28.7. The lowest BCUT2D eigenvalue weighted by Crippen LogP contribution is -2.50. The summed E-state index contributed by atoms with van der Waals surface area (Å²) < 4.78 is 49.0. The number of amides is 1. The summed E-state index contributed by atoms with van der Waals surface area (Å²) in [6.07, 6.45) is 4.06. The molecule has 9 heterocycles. The normalized spacial score (nSPS) is 32.5. The average molecular weight is 958 g/mol. The van der Waals surface area contributed by atoms with Crippen LogP contribution in [0, 0.1) is 5.92 Å². The highest BCUT2D eigenvalue weighted by Crippen LogP contribution is 2.56. The van der Waals surface area contributed by atoms with Gasteiger partial charge in [-0.3, -0.25) is 23.4 Å². The SMILES string of the molecule is C[C@H]1[C@H]2OP(O)(=S)OC[C@H]3O[C@@H]4[C@H](OP(O)(=S)OC[C@H]1O[C@H]2n1cnc2c(ncnc21)CC/C=C/CN(C(=O)c1ccccc1)c1ncnc2c1ncn24)[C@@H]3O[Si](C)(C)C(C)(C)C. The fourth-order valence-electron chi connectivity index (χ4n) is 7.97. The second-order valence-corrected chi connectivity index (χ2v) is 27.8. The van der Waals surface area contributed by atoms with Gasteiger partial charge in [-0.15, -0.1) is 0 Å². The van der Waals surface area contributed by atoms with Crippen LogP contribution in [0.1, 0.15) is 62.6 Å². The highest BCUT2D eigenvalue weighted by Gasteiger charge is 2.55. The molecule has 10 rings (SSSR count). The van der Waals surface area contributed by atoms with Crippen LogP contribution < -0.4 is 4.90 Å². The van der Waals surface area contributed by atoms with Crippen molar-refractivity contribution in [2.75, 3.05) is 24.7 Å². The molecule has 336 valence electrons. The van der Waals surface area contributed by atoms with E-state index < -0.39 is 70.6 Å². The molecule has 4 aromatic heterocycles. The maximum atomic E-state index is 14.3. The molecule has 0 spiro atoms. The molecule has 2 N–H and O–H groups in total. The Balaban J connectivity index is 1.22. The summed E-state index contributed by atoms with van der Waals surface area (Å²) in [5.74, 6) is -0.537. The minimum Gasteiger partial charge on any atom is -0.408 e. The van der Waals surface area contributed by atoms with Crippen molar-refractivity contribution in [3.8, 4) is 0 Å². The first-order chi connectivity index (χ1) is 29.9. The number of fused-ring (bicyclic) bond motifs is 10. The number of allylic oxidation sites excluding steroid dienone is 1. The molecule has 0 saturated carbocycles. The Hall–Kier alpha value is -3.31. The summed E-state index contributed by atoms with van der Waals surface area (Å²) in [7, 11) is -2.67. The molecule has 1 amide bonds. The molecular weight excluding hydrogens is 909 g/mol. The van der Waals surface area contributed by atoms with Gasteiger partial charge in [0.05, 0.1) is 37.7 Å². The van der Waals surface area contributed by atoms with Gasteiger partial charge in [0.2, 0.25) is 0 Å². The van der Waals surface area contributed by atoms with Crippen molar-refractivity contribution >= 4 is 79.4 Å². The lowest BCUT2D eigenvalue weighted by molar-refractivity contribution is -0.0610. The largest absolute Gasteiger partial charge is 0.408 e. The number of nitrogens with zero attached hydrogens (tertiary/aromatic N) is 9. The van der Waals surface area contributed by atoms with Crippen LogP contribution in [0.25, 0.3) is 22.3 Å². The van der Waals surface area contributed by atoms with Crippen molar-refractivity contribution in [2.24, 2.45) is 5.92 Å². The quantitative estimate of drug-likeness (QED) is 0.123. The zero-order valence-corrected chi connectivity index (χ0v) is 39.8. The fraction of sp³-hybridized carbons (Fsp3) is 0.513. The van der Waals surface area contributed by atoms with Crippen LogP contribution in [0.15, 0.2) is 67.8 Å². The molecule has 24 heteroatoms. The molecule has 63 heavy (non-hydrogen) atoms. The maximum absolute atomic E-state index is 14.3. The van der Waals surface area contributed by atoms with Crippen LogP contribution in [0.3, 0.4) is 0 Å². The van der Waals surface area contributed by atoms with Gasteiger partial charge in [-0.2, -0.15) is 0 Å². The Morgan fingerprint density at radius 3 is 2.13 bits per heavy atom. The van der Waals surface area contributed by atoms with Gasteiger partial charge >= 0.3 is 13.4 Å². The van der Waals surface area contributed by atoms with Crippen LogP contribution >= 0.6 is 13.4 Å². The van der Waals surface area contributed by atoms with E-state index in [0.29, 0.717) is 35.3 Å². The Bertz CT molecular complexity index is 2650. The lowest BCUT2D eigenvalue weighted by Gasteiger charge is -2.41. The van der Waals surface area contributed by atoms with Gasteiger partial charge in [0, 0.05) is 18.0 Å². The summed E-state index contributed by atoms with van der Waals surface area (Å²) >= 11 is 11.5. The number of anilines is 1. The fourth-order valence-corrected chi connectivity index (χ4v) is 12.2. The molecular formula is C39H49N9O10P2S2Si. The second kappa shape index (κ2) is 17.2. The van der Waals surface area contributed by atoms with E-state index in [1.54, 1.807) is 39.7 Å². The number of hydrogen-bond donors (Lipinski definition) is 2. The molecule has 5 aromatic rings. The van der Waals surface area contributed by atoms with Gasteiger partial charge in [0.25, 0.3) is 5.91 Å². The van der Waals surface area contributed by atoms with Gasteiger partial charge in [-0.05, 0) is 66.7 Å². The third-order valence-electron chi connectivity index (χ3n) is 12.4. The van der Waals surface area contributed by atoms with Gasteiger partial charge in [0.15, 0.2) is 43.4 Å². The number of carbonyl (C=O) groups excluding carboxylic acids is 1. The Kier molecular flexibility index (Phi) is 12.2. The molecule has 5 aliphatic heterocycles. The van der Waals surface area contributed by atoms with E-state index in [1.807, 2.05) is 25.1 Å². The molecule has 14 bridgehead atoms. The summed E-state index contributed by atoms with van der Waals surface area (Å²) in [4.78, 5) is 67.5. The number of imidazole rings is 2. The summed E-state index contributed by atoms with van der Waals surface area (Å²) in [5.41, 5.74) is 2.71.